The lowest BCUT2D eigenvalue weighted by Gasteiger charge is -2.15. The van der Waals surface area contributed by atoms with Gasteiger partial charge in [0, 0.05) is 31.0 Å². The standard InChI is InChI=1S/C17H17ClN2O4S2/c1-11-20-14(10-24-11)12-3-5-13(6-4-12)26(21,22)19-9-15(23-2)16-7-8-17(18)25-16/h3-8,10,15,19H,9H2,1-2H3. The largest absolute Gasteiger partial charge is 0.449 e. The van der Waals surface area contributed by atoms with Crippen LogP contribution in [0.15, 0.2) is 52.0 Å². The van der Waals surface area contributed by atoms with Gasteiger partial charge in [-0.3, -0.25) is 0 Å². The molecule has 0 saturated heterocycles. The van der Waals surface area contributed by atoms with Gasteiger partial charge < -0.3 is 9.15 Å². The van der Waals surface area contributed by atoms with Crippen molar-refractivity contribution in [2.45, 2.75) is 17.9 Å². The van der Waals surface area contributed by atoms with Crippen molar-refractivity contribution in [2.24, 2.45) is 0 Å². The van der Waals surface area contributed by atoms with E-state index < -0.39 is 16.1 Å². The maximum atomic E-state index is 12.5. The summed E-state index contributed by atoms with van der Waals surface area (Å²) in [6, 6.07) is 10.0. The molecule has 6 nitrogen and oxygen atoms in total. The SMILES string of the molecule is COC(CNS(=O)(=O)c1ccc(-c2coc(C)n2)cc1)c1ccc(Cl)s1. The number of hydrogen-bond donors (Lipinski definition) is 1. The highest BCUT2D eigenvalue weighted by atomic mass is 35.5. The van der Waals surface area contributed by atoms with Gasteiger partial charge in [-0.2, -0.15) is 0 Å². The predicted octanol–water partition coefficient (Wildman–Crippen LogP) is 4.03. The Bertz CT molecular complexity index is 980. The van der Waals surface area contributed by atoms with Crippen LogP contribution in [0.2, 0.25) is 4.34 Å². The molecule has 2 heterocycles. The van der Waals surface area contributed by atoms with Gasteiger partial charge in [0.15, 0.2) is 5.89 Å². The van der Waals surface area contributed by atoms with Gasteiger partial charge in [0.2, 0.25) is 10.0 Å². The number of nitrogens with one attached hydrogen (secondary N) is 1. The summed E-state index contributed by atoms with van der Waals surface area (Å²) in [5, 5.41) is 0. The Morgan fingerprint density at radius 2 is 2.00 bits per heavy atom. The van der Waals surface area contributed by atoms with E-state index in [-0.39, 0.29) is 11.4 Å². The van der Waals surface area contributed by atoms with Crippen molar-refractivity contribution >= 4 is 33.0 Å². The molecule has 1 atom stereocenters. The number of rotatable bonds is 7. The second kappa shape index (κ2) is 7.89. The van der Waals surface area contributed by atoms with Crippen molar-refractivity contribution in [3.63, 3.8) is 0 Å². The molecule has 1 N–H and O–H groups in total. The Balaban J connectivity index is 1.71. The quantitative estimate of drug-likeness (QED) is 0.633. The fraction of sp³-hybridized carbons (Fsp3) is 0.235. The number of halogens is 1. The first-order valence-corrected chi connectivity index (χ1v) is 10.4. The van der Waals surface area contributed by atoms with Gasteiger partial charge in [-0.05, 0) is 24.3 Å². The molecular weight excluding hydrogens is 396 g/mol. The topological polar surface area (TPSA) is 81.4 Å². The first kappa shape index (κ1) is 19.1. The highest BCUT2D eigenvalue weighted by Crippen LogP contribution is 2.28. The Kier molecular flexibility index (Phi) is 5.79. The van der Waals surface area contributed by atoms with Crippen LogP contribution < -0.4 is 4.72 Å². The summed E-state index contributed by atoms with van der Waals surface area (Å²) in [6.45, 7) is 1.86. The third kappa shape index (κ3) is 4.33. The predicted molar refractivity (Wildman–Crippen MR) is 101 cm³/mol. The minimum Gasteiger partial charge on any atom is -0.449 e. The van der Waals surface area contributed by atoms with E-state index >= 15 is 0 Å². The summed E-state index contributed by atoms with van der Waals surface area (Å²) in [6.07, 6.45) is 1.13. The van der Waals surface area contributed by atoms with Crippen molar-refractivity contribution < 1.29 is 17.6 Å². The summed E-state index contributed by atoms with van der Waals surface area (Å²) in [5.74, 6) is 0.553. The number of aryl methyl sites for hydroxylation is 1. The molecule has 0 aliphatic rings. The second-order valence-corrected chi connectivity index (χ2v) is 9.01. The molecule has 1 aromatic carbocycles. The lowest BCUT2D eigenvalue weighted by Crippen LogP contribution is -2.29. The number of oxazole rings is 1. The molecule has 0 bridgehead atoms. The van der Waals surface area contributed by atoms with E-state index in [2.05, 4.69) is 9.71 Å². The summed E-state index contributed by atoms with van der Waals surface area (Å²) < 4.78 is 38.8. The zero-order valence-corrected chi connectivity index (χ0v) is 16.5. The minimum absolute atomic E-state index is 0.111. The zero-order chi connectivity index (χ0) is 18.7. The fourth-order valence-corrected chi connectivity index (χ4v) is 4.54. The van der Waals surface area contributed by atoms with Crippen LogP contribution in [0, 0.1) is 6.92 Å². The Morgan fingerprint density at radius 1 is 1.27 bits per heavy atom. The van der Waals surface area contributed by atoms with Gasteiger partial charge in [-0.25, -0.2) is 18.1 Å². The van der Waals surface area contributed by atoms with Crippen molar-refractivity contribution in [1.82, 2.24) is 9.71 Å². The van der Waals surface area contributed by atoms with Gasteiger partial charge in [-0.15, -0.1) is 11.3 Å². The number of sulfonamides is 1. The van der Waals surface area contributed by atoms with Crippen LogP contribution in [-0.4, -0.2) is 27.1 Å². The zero-order valence-electron chi connectivity index (χ0n) is 14.1. The van der Waals surface area contributed by atoms with Crippen LogP contribution in [0.1, 0.15) is 16.9 Å². The van der Waals surface area contributed by atoms with Crippen molar-refractivity contribution in [1.29, 1.82) is 0 Å². The van der Waals surface area contributed by atoms with Gasteiger partial charge in [0.1, 0.15) is 18.1 Å². The molecule has 3 rings (SSSR count). The lowest BCUT2D eigenvalue weighted by atomic mass is 10.2. The molecule has 0 radical (unpaired) electrons. The normalized spacial score (nSPS) is 13.0. The van der Waals surface area contributed by atoms with Gasteiger partial charge in [0.05, 0.1) is 9.23 Å². The summed E-state index contributed by atoms with van der Waals surface area (Å²) in [7, 11) is -2.13. The minimum atomic E-state index is -3.66. The third-order valence-electron chi connectivity index (χ3n) is 3.73. The van der Waals surface area contributed by atoms with Crippen LogP contribution in [0.5, 0.6) is 0 Å². The average Bonchev–Trinajstić information content (AvgIpc) is 3.24. The van der Waals surface area contributed by atoms with Crippen LogP contribution in [-0.2, 0) is 14.8 Å². The Morgan fingerprint density at radius 3 is 2.54 bits per heavy atom. The average molecular weight is 413 g/mol. The van der Waals surface area contributed by atoms with Gasteiger partial charge >= 0.3 is 0 Å². The lowest BCUT2D eigenvalue weighted by molar-refractivity contribution is 0.110. The molecule has 0 spiro atoms. The monoisotopic (exact) mass is 412 g/mol. The van der Waals surface area contributed by atoms with E-state index in [1.807, 2.05) is 6.07 Å². The van der Waals surface area contributed by atoms with Gasteiger partial charge in [-0.1, -0.05) is 23.7 Å². The number of nitrogens with zero attached hydrogens (tertiary/aromatic N) is 1. The van der Waals surface area contributed by atoms with E-state index in [1.165, 1.54) is 36.8 Å². The van der Waals surface area contributed by atoms with Crippen molar-refractivity contribution in [3.05, 3.63) is 57.8 Å². The second-order valence-electron chi connectivity index (χ2n) is 5.49. The molecule has 0 fully saturated rings. The molecule has 0 aliphatic heterocycles. The third-order valence-corrected chi connectivity index (χ3v) is 6.50. The van der Waals surface area contributed by atoms with Crippen LogP contribution in [0.25, 0.3) is 11.3 Å². The summed E-state index contributed by atoms with van der Waals surface area (Å²) in [4.78, 5) is 5.25. The molecular formula is C17H17ClN2O4S2. The van der Waals surface area contributed by atoms with E-state index in [1.54, 1.807) is 25.1 Å². The number of methoxy groups -OCH3 is 1. The summed E-state index contributed by atoms with van der Waals surface area (Å²) in [5.41, 5.74) is 1.44. The van der Waals surface area contributed by atoms with Crippen molar-refractivity contribution in [2.75, 3.05) is 13.7 Å². The molecule has 138 valence electrons. The molecule has 26 heavy (non-hydrogen) atoms. The smallest absolute Gasteiger partial charge is 0.240 e. The number of ether oxygens (including phenoxy) is 1. The molecule has 0 aliphatic carbocycles. The molecule has 1 unspecified atom stereocenters. The molecule has 9 heteroatoms. The first-order chi connectivity index (χ1) is 12.4. The molecule has 3 aromatic rings. The van der Waals surface area contributed by atoms with Crippen LogP contribution in [0.4, 0.5) is 0 Å². The molecule has 0 amide bonds. The Hall–Kier alpha value is -1.71. The highest BCUT2D eigenvalue weighted by molar-refractivity contribution is 7.89. The fourth-order valence-electron chi connectivity index (χ4n) is 2.37. The maximum Gasteiger partial charge on any atom is 0.240 e. The van der Waals surface area contributed by atoms with Crippen LogP contribution >= 0.6 is 22.9 Å². The first-order valence-electron chi connectivity index (χ1n) is 7.69. The van der Waals surface area contributed by atoms with Crippen molar-refractivity contribution in [3.8, 4) is 11.3 Å². The molecule has 0 saturated carbocycles. The van der Waals surface area contributed by atoms with E-state index in [0.717, 1.165) is 10.4 Å². The number of hydrogen-bond acceptors (Lipinski definition) is 6. The Labute approximate surface area is 160 Å². The maximum absolute atomic E-state index is 12.5. The van der Waals surface area contributed by atoms with E-state index in [4.69, 9.17) is 20.8 Å². The van der Waals surface area contributed by atoms with E-state index in [0.29, 0.717) is 15.9 Å². The van der Waals surface area contributed by atoms with Gasteiger partial charge in [0.25, 0.3) is 0 Å². The molecule has 2 aromatic heterocycles. The number of aromatic nitrogens is 1. The summed E-state index contributed by atoms with van der Waals surface area (Å²) >= 11 is 7.28. The van der Waals surface area contributed by atoms with Crippen LogP contribution in [0.3, 0.4) is 0 Å². The van der Waals surface area contributed by atoms with E-state index in [9.17, 15) is 8.42 Å². The number of thiophene rings is 1. The highest BCUT2D eigenvalue weighted by Gasteiger charge is 2.19. The number of benzene rings is 1.